The van der Waals surface area contributed by atoms with Crippen LogP contribution in [0.3, 0.4) is 0 Å². The van der Waals surface area contributed by atoms with E-state index in [9.17, 15) is 0 Å². The molecule has 2 aromatic heterocycles. The lowest BCUT2D eigenvalue weighted by molar-refractivity contribution is 0.270. The maximum atomic E-state index is 6.33. The van der Waals surface area contributed by atoms with E-state index in [0.29, 0.717) is 17.4 Å². The molecule has 4 aromatic rings. The highest BCUT2D eigenvalue weighted by Crippen LogP contribution is 2.30. The topological polar surface area (TPSA) is 60.2 Å². The Hall–Kier alpha value is -3.05. The van der Waals surface area contributed by atoms with Crippen LogP contribution in [0.5, 0.6) is 5.75 Å². The predicted molar refractivity (Wildman–Crippen MR) is 97.3 cm³/mol. The summed E-state index contributed by atoms with van der Waals surface area (Å²) in [5.74, 6) is 2.06. The van der Waals surface area contributed by atoms with Crippen molar-refractivity contribution in [1.29, 1.82) is 0 Å². The molecule has 0 radical (unpaired) electrons. The molecule has 0 atom stereocenters. The van der Waals surface area contributed by atoms with Crippen molar-refractivity contribution in [3.63, 3.8) is 0 Å². The minimum Gasteiger partial charge on any atom is -0.484 e. The van der Waals surface area contributed by atoms with Crippen molar-refractivity contribution in [2.24, 2.45) is 0 Å². The van der Waals surface area contributed by atoms with Crippen molar-refractivity contribution < 1.29 is 9.15 Å². The number of hydrogen-bond acceptors (Lipinski definition) is 5. The number of anilines is 2. The van der Waals surface area contributed by atoms with Gasteiger partial charge >= 0.3 is 0 Å². The highest BCUT2D eigenvalue weighted by molar-refractivity contribution is 6.32. The zero-order chi connectivity index (χ0) is 17.1. The van der Waals surface area contributed by atoms with Gasteiger partial charge in [-0.15, -0.1) is 0 Å². The quantitative estimate of drug-likeness (QED) is 0.535. The summed E-state index contributed by atoms with van der Waals surface area (Å²) >= 11 is 6.33. The monoisotopic (exact) mass is 351 g/mol. The van der Waals surface area contributed by atoms with Gasteiger partial charge in [-0.05, 0) is 42.5 Å². The second kappa shape index (κ2) is 6.83. The summed E-state index contributed by atoms with van der Waals surface area (Å²) in [6.07, 6.45) is 3.15. The number of hydrogen-bond donors (Lipinski definition) is 1. The second-order valence-corrected chi connectivity index (χ2v) is 5.78. The number of aromatic nitrogens is 2. The number of nitrogens with one attached hydrogen (secondary N) is 1. The molecule has 25 heavy (non-hydrogen) atoms. The minimum absolute atomic E-state index is 0.329. The number of ether oxygens (including phenoxy) is 1. The lowest BCUT2D eigenvalue weighted by atomic mass is 10.2. The first kappa shape index (κ1) is 15.5. The Kier molecular flexibility index (Phi) is 4.23. The lowest BCUT2D eigenvalue weighted by Gasteiger charge is -2.11. The van der Waals surface area contributed by atoms with Crippen LogP contribution in [0.1, 0.15) is 5.76 Å². The van der Waals surface area contributed by atoms with E-state index in [1.165, 1.54) is 6.33 Å². The number of nitrogens with zero attached hydrogens (tertiary/aromatic N) is 2. The van der Waals surface area contributed by atoms with Crippen molar-refractivity contribution in [1.82, 2.24) is 9.97 Å². The van der Waals surface area contributed by atoms with Crippen LogP contribution in [-0.2, 0) is 6.61 Å². The van der Waals surface area contributed by atoms with Gasteiger partial charge in [0, 0.05) is 11.1 Å². The summed E-state index contributed by atoms with van der Waals surface area (Å²) in [4.78, 5) is 8.57. The summed E-state index contributed by atoms with van der Waals surface area (Å²) in [6.45, 7) is 0.329. The lowest BCUT2D eigenvalue weighted by Crippen LogP contribution is -1.97. The molecule has 1 N–H and O–H groups in total. The van der Waals surface area contributed by atoms with Gasteiger partial charge in [0.25, 0.3) is 0 Å². The molecular formula is C19H14ClN3O2. The van der Waals surface area contributed by atoms with E-state index >= 15 is 0 Å². The van der Waals surface area contributed by atoms with Crippen molar-refractivity contribution in [2.45, 2.75) is 6.61 Å². The first-order valence-corrected chi connectivity index (χ1v) is 8.09. The van der Waals surface area contributed by atoms with Gasteiger partial charge < -0.3 is 14.5 Å². The largest absolute Gasteiger partial charge is 0.484 e. The van der Waals surface area contributed by atoms with E-state index in [1.807, 2.05) is 48.5 Å². The maximum Gasteiger partial charge on any atom is 0.146 e. The molecule has 0 spiro atoms. The Morgan fingerprint density at radius 2 is 1.96 bits per heavy atom. The van der Waals surface area contributed by atoms with Gasteiger partial charge in [0.15, 0.2) is 0 Å². The standard InChI is InChI=1S/C19H14ClN3O2/c20-16-10-13(7-8-18(16)25-11-14-4-3-9-24-14)23-19-15-5-1-2-6-17(15)21-12-22-19/h1-10,12H,11H2,(H,21,22,23). The molecule has 0 aliphatic rings. The van der Waals surface area contributed by atoms with Crippen LogP contribution in [0.15, 0.2) is 71.6 Å². The molecule has 0 aliphatic carbocycles. The first-order valence-electron chi connectivity index (χ1n) is 7.71. The molecule has 0 bridgehead atoms. The van der Waals surface area contributed by atoms with E-state index in [2.05, 4.69) is 15.3 Å². The number of furan rings is 1. The van der Waals surface area contributed by atoms with Gasteiger partial charge in [-0.1, -0.05) is 23.7 Å². The van der Waals surface area contributed by atoms with Crippen LogP contribution in [0.4, 0.5) is 11.5 Å². The van der Waals surface area contributed by atoms with Gasteiger partial charge in [-0.25, -0.2) is 9.97 Å². The van der Waals surface area contributed by atoms with Crippen LogP contribution in [-0.4, -0.2) is 9.97 Å². The minimum atomic E-state index is 0.329. The van der Waals surface area contributed by atoms with Crippen LogP contribution in [0.25, 0.3) is 10.9 Å². The fraction of sp³-hybridized carbons (Fsp3) is 0.0526. The molecule has 6 heteroatoms. The predicted octanol–water partition coefficient (Wildman–Crippen LogP) is 5.20. The normalized spacial score (nSPS) is 10.8. The summed E-state index contributed by atoms with van der Waals surface area (Å²) < 4.78 is 10.9. The molecule has 0 saturated heterocycles. The molecule has 0 amide bonds. The molecule has 0 fully saturated rings. The Balaban J connectivity index is 1.54. The third kappa shape index (κ3) is 3.41. The van der Waals surface area contributed by atoms with Gasteiger partial charge in [-0.2, -0.15) is 0 Å². The van der Waals surface area contributed by atoms with E-state index in [1.54, 1.807) is 12.3 Å². The molecule has 0 aliphatic heterocycles. The third-order valence-electron chi connectivity index (χ3n) is 3.69. The molecule has 5 nitrogen and oxygen atoms in total. The summed E-state index contributed by atoms with van der Waals surface area (Å²) in [6, 6.07) is 17.0. The first-order chi connectivity index (χ1) is 12.3. The fourth-order valence-electron chi connectivity index (χ4n) is 2.48. The zero-order valence-electron chi connectivity index (χ0n) is 13.1. The molecule has 0 unspecified atom stereocenters. The molecule has 4 rings (SSSR count). The summed E-state index contributed by atoms with van der Waals surface area (Å²) in [7, 11) is 0. The summed E-state index contributed by atoms with van der Waals surface area (Å²) in [5, 5.41) is 4.73. The van der Waals surface area contributed by atoms with Crippen molar-refractivity contribution >= 4 is 34.0 Å². The number of para-hydroxylation sites is 1. The Labute approximate surface area is 149 Å². The number of fused-ring (bicyclic) bond motifs is 1. The second-order valence-electron chi connectivity index (χ2n) is 5.38. The van der Waals surface area contributed by atoms with Crippen molar-refractivity contribution in [2.75, 3.05) is 5.32 Å². The van der Waals surface area contributed by atoms with E-state index < -0.39 is 0 Å². The van der Waals surface area contributed by atoms with E-state index in [-0.39, 0.29) is 0 Å². The molecule has 124 valence electrons. The van der Waals surface area contributed by atoms with Crippen LogP contribution in [0.2, 0.25) is 5.02 Å². The van der Waals surface area contributed by atoms with Gasteiger partial charge in [-0.3, -0.25) is 0 Å². The third-order valence-corrected chi connectivity index (χ3v) is 3.98. The molecule has 0 saturated carbocycles. The van der Waals surface area contributed by atoms with Crippen LogP contribution < -0.4 is 10.1 Å². The maximum absolute atomic E-state index is 6.33. The number of rotatable bonds is 5. The van der Waals surface area contributed by atoms with Crippen molar-refractivity contribution in [3.05, 3.63) is 78.0 Å². The Morgan fingerprint density at radius 3 is 2.80 bits per heavy atom. The molecule has 2 aromatic carbocycles. The average molecular weight is 352 g/mol. The molecule has 2 heterocycles. The van der Waals surface area contributed by atoms with Gasteiger partial charge in [0.2, 0.25) is 0 Å². The highest BCUT2D eigenvalue weighted by atomic mass is 35.5. The molecular weight excluding hydrogens is 338 g/mol. The zero-order valence-corrected chi connectivity index (χ0v) is 13.9. The smallest absolute Gasteiger partial charge is 0.146 e. The summed E-state index contributed by atoms with van der Waals surface area (Å²) in [5.41, 5.74) is 1.70. The fourth-order valence-corrected chi connectivity index (χ4v) is 2.72. The van der Waals surface area contributed by atoms with Gasteiger partial charge in [0.05, 0.1) is 16.8 Å². The van der Waals surface area contributed by atoms with Crippen LogP contribution in [0, 0.1) is 0 Å². The van der Waals surface area contributed by atoms with E-state index in [4.69, 9.17) is 20.8 Å². The average Bonchev–Trinajstić information content (AvgIpc) is 3.15. The Bertz CT molecular complexity index is 997. The van der Waals surface area contributed by atoms with E-state index in [0.717, 1.165) is 28.2 Å². The number of benzene rings is 2. The SMILES string of the molecule is Clc1cc(Nc2ncnc3ccccc23)ccc1OCc1ccco1. The van der Waals surface area contributed by atoms with Crippen LogP contribution >= 0.6 is 11.6 Å². The van der Waals surface area contributed by atoms with Gasteiger partial charge in [0.1, 0.15) is 30.3 Å². The highest BCUT2D eigenvalue weighted by Gasteiger charge is 2.07. The van der Waals surface area contributed by atoms with Crippen molar-refractivity contribution in [3.8, 4) is 5.75 Å². The Morgan fingerprint density at radius 1 is 1.04 bits per heavy atom. The number of halogens is 1.